The van der Waals surface area contributed by atoms with Crippen LogP contribution in [-0.2, 0) is 29.2 Å². The molecule has 2 aliphatic heterocycles. The number of thiazole rings is 1. The zero-order valence-corrected chi connectivity index (χ0v) is 47.1. The first-order chi connectivity index (χ1) is 37.7. The van der Waals surface area contributed by atoms with Crippen LogP contribution in [0.4, 0.5) is 10.8 Å². The van der Waals surface area contributed by atoms with Gasteiger partial charge in [0.1, 0.15) is 16.7 Å². The molecule has 19 heteroatoms. The van der Waals surface area contributed by atoms with E-state index in [-0.39, 0.29) is 87.1 Å². The van der Waals surface area contributed by atoms with Gasteiger partial charge >= 0.3 is 0 Å². The molecule has 4 aliphatic carbocycles. The van der Waals surface area contributed by atoms with Crippen LogP contribution in [0.15, 0.2) is 65.8 Å². The van der Waals surface area contributed by atoms with Crippen LogP contribution in [0.2, 0.25) is 0 Å². The Bertz CT molecular complexity index is 2920. The fraction of sp³-hybridized carbons (Fsp3) is 0.610. The van der Waals surface area contributed by atoms with E-state index in [1.807, 2.05) is 35.2 Å². The van der Waals surface area contributed by atoms with E-state index in [1.54, 1.807) is 36.5 Å². The maximum absolute atomic E-state index is 13.9. The van der Waals surface area contributed by atoms with Crippen LogP contribution in [0.1, 0.15) is 146 Å². The molecule has 4 aromatic rings. The van der Waals surface area contributed by atoms with Crippen LogP contribution in [-0.4, -0.2) is 122 Å². The lowest BCUT2D eigenvalue weighted by atomic mass is 9.65. The smallest absolute Gasteiger partial charge is 0.264 e. The molecule has 4 heterocycles. The van der Waals surface area contributed by atoms with Crippen molar-refractivity contribution in [2.24, 2.45) is 29.1 Å². The first-order valence-electron chi connectivity index (χ1n) is 28.8. The van der Waals surface area contributed by atoms with Gasteiger partial charge in [-0.25, -0.2) is 13.4 Å². The molecule has 17 nitrogen and oxygen atoms in total. The highest BCUT2D eigenvalue weighted by Gasteiger charge is 2.47. The molecule has 0 bridgehead atoms. The van der Waals surface area contributed by atoms with Crippen molar-refractivity contribution in [3.63, 3.8) is 0 Å². The van der Waals surface area contributed by atoms with E-state index in [4.69, 9.17) is 4.74 Å². The number of sulfonamides is 1. The van der Waals surface area contributed by atoms with Gasteiger partial charge in [-0.2, -0.15) is 5.26 Å². The summed E-state index contributed by atoms with van der Waals surface area (Å²) in [5, 5.41) is 20.6. The van der Waals surface area contributed by atoms with Crippen molar-refractivity contribution in [2.75, 3.05) is 56.9 Å². The van der Waals surface area contributed by atoms with Crippen LogP contribution in [0.25, 0.3) is 10.2 Å². The number of carbonyl (C=O) groups excluding carboxylic acids is 4. The molecule has 78 heavy (non-hydrogen) atoms. The number of carbonyl (C=O) groups is 4. The van der Waals surface area contributed by atoms with Gasteiger partial charge in [-0.3, -0.25) is 28.9 Å². The first kappa shape index (κ1) is 55.5. The van der Waals surface area contributed by atoms with Crippen molar-refractivity contribution in [3.8, 4) is 11.8 Å². The Balaban J connectivity index is 0.620. The Morgan fingerprint density at radius 1 is 0.897 bits per heavy atom. The number of aromatic nitrogens is 2. The van der Waals surface area contributed by atoms with Gasteiger partial charge in [0, 0.05) is 81.1 Å². The molecule has 418 valence electrons. The number of nitrogens with zero attached hydrogens (tertiary/aromatic N) is 6. The van der Waals surface area contributed by atoms with Crippen LogP contribution in [0, 0.1) is 40.4 Å². The molecule has 6 aliphatic rings. The SMILES string of the molecule is CN(CCCNC(=O)C1CCC(NC(=O)C2CCC3(CC2)CCN(C(=O)[C@H]2CC(=O)N(C)[C@@H]2c2cccnc2)CC3)CC1)[C@H]1CCCC[C@@H]1Nc1ccc(S(=O)(=O)Nc2nc3ccc(OCC4CCCC4)cc3s2)c(C#N)c1. The average Bonchev–Trinajstić information content (AvgIpc) is 4.21. The molecular formula is C59H78N10O7S2. The summed E-state index contributed by atoms with van der Waals surface area (Å²) in [5.41, 5.74) is 2.46. The molecule has 4 atom stereocenters. The number of fused-ring (bicyclic) bond motifs is 1. The summed E-state index contributed by atoms with van der Waals surface area (Å²) in [6.45, 7) is 3.43. The number of rotatable bonds is 18. The molecule has 2 aromatic heterocycles. The second kappa shape index (κ2) is 24.7. The third-order valence-electron chi connectivity index (χ3n) is 18.5. The van der Waals surface area contributed by atoms with Crippen molar-refractivity contribution < 1.29 is 32.3 Å². The van der Waals surface area contributed by atoms with E-state index in [9.17, 15) is 32.9 Å². The molecule has 0 unspecified atom stereocenters. The minimum absolute atomic E-state index is 0.00950. The molecule has 2 saturated heterocycles. The second-order valence-electron chi connectivity index (χ2n) is 23.5. The summed E-state index contributed by atoms with van der Waals surface area (Å²) < 4.78 is 36.9. The number of pyridine rings is 1. The summed E-state index contributed by atoms with van der Waals surface area (Å²) in [5.74, 6) is 1.12. The lowest BCUT2D eigenvalue weighted by Gasteiger charge is -2.46. The van der Waals surface area contributed by atoms with E-state index < -0.39 is 15.9 Å². The highest BCUT2D eigenvalue weighted by atomic mass is 32.2. The molecular weight excluding hydrogens is 1020 g/mol. The van der Waals surface area contributed by atoms with Gasteiger partial charge in [0.15, 0.2) is 5.13 Å². The van der Waals surface area contributed by atoms with Crippen LogP contribution >= 0.6 is 11.3 Å². The molecule has 2 aromatic carbocycles. The van der Waals surface area contributed by atoms with Crippen LogP contribution < -0.4 is 25.4 Å². The van der Waals surface area contributed by atoms with Crippen LogP contribution in [0.3, 0.4) is 0 Å². The molecule has 1 spiro atoms. The first-order valence-corrected chi connectivity index (χ1v) is 31.1. The predicted molar refractivity (Wildman–Crippen MR) is 301 cm³/mol. The predicted octanol–water partition coefficient (Wildman–Crippen LogP) is 8.79. The van der Waals surface area contributed by atoms with Gasteiger partial charge < -0.3 is 35.4 Å². The zero-order valence-electron chi connectivity index (χ0n) is 45.4. The number of hydrogen-bond acceptors (Lipinski definition) is 13. The number of benzene rings is 2. The second-order valence-corrected chi connectivity index (χ2v) is 26.2. The van der Waals surface area contributed by atoms with Crippen molar-refractivity contribution >= 4 is 66.0 Å². The minimum atomic E-state index is -4.11. The van der Waals surface area contributed by atoms with Crippen molar-refractivity contribution in [2.45, 2.75) is 157 Å². The van der Waals surface area contributed by atoms with Gasteiger partial charge in [0.05, 0.1) is 34.3 Å². The molecule has 4 N–H and O–H groups in total. The summed E-state index contributed by atoms with van der Waals surface area (Å²) in [6, 6.07) is 16.5. The molecule has 4 amide bonds. The number of anilines is 2. The van der Waals surface area contributed by atoms with E-state index in [1.165, 1.54) is 43.1 Å². The Labute approximate surface area is 464 Å². The van der Waals surface area contributed by atoms with Gasteiger partial charge in [-0.1, -0.05) is 43.1 Å². The lowest BCUT2D eigenvalue weighted by Crippen LogP contribution is -2.48. The summed E-state index contributed by atoms with van der Waals surface area (Å²) in [6.07, 6.45) is 22.1. The number of likely N-dealkylation sites (tertiary alicyclic amines) is 2. The standard InChI is InChI=1S/C59H78N10O7S2/c1-67(50-13-6-5-12-48(50)63-45-18-21-52(43(33-45)36-60)78(74,75)66-58-65-49-20-19-46(34-51(49)77-58)76-38-39-9-3-4-10-39)30-8-29-62-55(71)40-14-16-44(17-15-40)64-56(72)41-22-24-59(25-23-41)26-31-69(32-27-59)57(73)47-35-53(70)68(2)54(47)42-11-7-28-61-37-42/h7,11,18-21,28,33-34,37,39-41,44,47-48,50,54,63H,3-6,8-10,12-17,22-27,29-32,35,38H2,1-2H3,(H,62,71)(H,64,72)(H,65,66)/t40?,44?,47-,48-,50-,54+/m0/s1. The Hall–Kier alpha value is -5.84. The third-order valence-corrected chi connectivity index (χ3v) is 21.0. The normalized spacial score (nSPS) is 25.0. The van der Waals surface area contributed by atoms with Gasteiger partial charge in [0.2, 0.25) is 23.6 Å². The average molecular weight is 1100 g/mol. The number of amides is 4. The fourth-order valence-electron chi connectivity index (χ4n) is 13.8. The molecule has 4 saturated carbocycles. The number of piperidine rings is 1. The molecule has 6 fully saturated rings. The maximum Gasteiger partial charge on any atom is 0.264 e. The number of nitrogens with one attached hydrogen (secondary N) is 4. The van der Waals surface area contributed by atoms with E-state index in [0.717, 1.165) is 119 Å². The van der Waals surface area contributed by atoms with E-state index >= 15 is 0 Å². The summed E-state index contributed by atoms with van der Waals surface area (Å²) in [4.78, 5) is 68.2. The van der Waals surface area contributed by atoms with Gasteiger partial charge in [-0.15, -0.1) is 0 Å². The Kier molecular flexibility index (Phi) is 17.5. The van der Waals surface area contributed by atoms with Crippen molar-refractivity contribution in [1.82, 2.24) is 35.3 Å². The number of nitriles is 1. The van der Waals surface area contributed by atoms with Crippen molar-refractivity contribution in [3.05, 3.63) is 72.1 Å². The topological polar surface area (TPSA) is 219 Å². The fourth-order valence-corrected chi connectivity index (χ4v) is 16.0. The Morgan fingerprint density at radius 3 is 2.38 bits per heavy atom. The highest BCUT2D eigenvalue weighted by Crippen LogP contribution is 2.48. The van der Waals surface area contributed by atoms with Crippen molar-refractivity contribution in [1.29, 1.82) is 5.26 Å². The zero-order chi connectivity index (χ0) is 54.4. The third kappa shape index (κ3) is 12.9. The van der Waals surface area contributed by atoms with E-state index in [2.05, 4.69) is 48.7 Å². The number of ether oxygens (including phenoxy) is 1. The van der Waals surface area contributed by atoms with Gasteiger partial charge in [-0.05, 0) is 169 Å². The van der Waals surface area contributed by atoms with Gasteiger partial charge in [0.25, 0.3) is 10.0 Å². The largest absolute Gasteiger partial charge is 0.493 e. The molecule has 0 radical (unpaired) electrons. The number of likely N-dealkylation sites (N-methyl/N-ethyl adjacent to an activating group) is 1. The monoisotopic (exact) mass is 1100 g/mol. The Morgan fingerprint density at radius 2 is 1.64 bits per heavy atom. The molecule has 10 rings (SSSR count). The quantitative estimate of drug-likeness (QED) is 0.0688. The van der Waals surface area contributed by atoms with Crippen LogP contribution in [0.5, 0.6) is 5.75 Å². The highest BCUT2D eigenvalue weighted by molar-refractivity contribution is 7.93. The maximum atomic E-state index is 13.9. The van der Waals surface area contributed by atoms with E-state index in [0.29, 0.717) is 43.4 Å². The summed E-state index contributed by atoms with van der Waals surface area (Å²) in [7, 11) is -0.215. The lowest BCUT2D eigenvalue weighted by molar-refractivity contribution is -0.139. The minimum Gasteiger partial charge on any atom is -0.493 e. The summed E-state index contributed by atoms with van der Waals surface area (Å²) >= 11 is 1.23. The number of hydrogen-bond donors (Lipinski definition) is 4.